The predicted molar refractivity (Wildman–Crippen MR) is 64.7 cm³/mol. The number of hydrogen-bond acceptors (Lipinski definition) is 0. The van der Waals surface area contributed by atoms with Gasteiger partial charge in [-0.05, 0) is 5.41 Å². The Morgan fingerprint density at radius 2 is 1.50 bits per heavy atom. The molecule has 0 aromatic rings. The minimum absolute atomic E-state index is 0. The van der Waals surface area contributed by atoms with Crippen molar-refractivity contribution in [3.8, 4) is 0 Å². The van der Waals surface area contributed by atoms with Crippen molar-refractivity contribution in [1.29, 1.82) is 0 Å². The van der Waals surface area contributed by atoms with Crippen LogP contribution in [0.5, 0.6) is 0 Å². The first-order valence-corrected chi connectivity index (χ1v) is 7.72. The zero-order chi connectivity index (χ0) is 7.65. The molecule has 0 aliphatic heterocycles. The second-order valence-electron chi connectivity index (χ2n) is 4.01. The second-order valence-corrected chi connectivity index (χ2v) is 9.87. The van der Waals surface area contributed by atoms with Crippen LogP contribution in [-0.2, 0) is 0 Å². The second kappa shape index (κ2) is 5.37. The molecule has 1 atom stereocenters. The molecule has 0 radical (unpaired) electrons. The van der Waals surface area contributed by atoms with Crippen LogP contribution in [0, 0.1) is 5.41 Å². The lowest BCUT2D eigenvalue weighted by molar-refractivity contribution is 0.460. The highest BCUT2D eigenvalue weighted by atomic mass is 127. The molecule has 60 valence electrons. The van der Waals surface area contributed by atoms with Crippen LogP contribution in [0.3, 0.4) is 0 Å². The zero-order valence-electron chi connectivity index (χ0n) is 7.03. The quantitative estimate of drug-likeness (QED) is 0.392. The maximum atomic E-state index is 2.60. The van der Waals surface area contributed by atoms with E-state index >= 15 is 0 Å². The van der Waals surface area contributed by atoms with Gasteiger partial charge in [-0.25, -0.2) is 0 Å². The Balaban J connectivity index is 0. The van der Waals surface area contributed by atoms with Gasteiger partial charge in [0.05, 0.1) is 0 Å². The molecule has 0 saturated carbocycles. The lowest BCUT2D eigenvalue weighted by Gasteiger charge is -2.27. The van der Waals surface area contributed by atoms with Crippen LogP contribution in [0.4, 0.5) is 0 Å². The molecule has 0 aromatic heterocycles. The lowest BCUT2D eigenvalue weighted by Crippen LogP contribution is -2.31. The third-order valence-corrected chi connectivity index (χ3v) is 9.77. The van der Waals surface area contributed by atoms with Gasteiger partial charge in [0.2, 0.25) is 0 Å². The normalized spacial score (nSPS) is 14.7. The molecule has 0 bridgehead atoms. The van der Waals surface area contributed by atoms with E-state index in [2.05, 4.69) is 56.5 Å². The van der Waals surface area contributed by atoms with E-state index in [1.807, 2.05) is 0 Å². The minimum Gasteiger partial charge on any atom is -0.0859 e. The Hall–Kier alpha value is 1.71. The van der Waals surface area contributed by atoms with Gasteiger partial charge in [0, 0.05) is 12.3 Å². The van der Waals surface area contributed by atoms with E-state index in [9.17, 15) is 0 Å². The van der Waals surface area contributed by atoms with Crippen molar-refractivity contribution >= 4 is 54.4 Å². The first kappa shape index (κ1) is 14.2. The van der Waals surface area contributed by atoms with Gasteiger partial charge >= 0.3 is 23.1 Å². The van der Waals surface area contributed by atoms with Gasteiger partial charge in [-0.3, -0.25) is 0 Å². The van der Waals surface area contributed by atoms with Crippen molar-refractivity contribution in [3.63, 3.8) is 0 Å². The van der Waals surface area contributed by atoms with Crippen LogP contribution in [0.2, 0.25) is 13.1 Å². The van der Waals surface area contributed by atoms with E-state index in [4.69, 9.17) is 0 Å². The summed E-state index contributed by atoms with van der Waals surface area (Å²) in [7, 11) is -0.403. The standard InChI is InChI=1S/C7H17ISi.Mg.2H/c1-7(2,3)6(8)9(4)5;;;/h6,9H,1-5H3;;;. The number of halogens is 1. The molecule has 0 fully saturated rings. The highest BCUT2D eigenvalue weighted by molar-refractivity contribution is 14.1. The highest BCUT2D eigenvalue weighted by Crippen LogP contribution is 2.28. The van der Waals surface area contributed by atoms with Crippen molar-refractivity contribution in [3.05, 3.63) is 0 Å². The van der Waals surface area contributed by atoms with E-state index < -0.39 is 8.80 Å². The minimum atomic E-state index is -0.403. The highest BCUT2D eigenvalue weighted by Gasteiger charge is 2.24. The van der Waals surface area contributed by atoms with Crippen LogP contribution >= 0.6 is 22.6 Å². The van der Waals surface area contributed by atoms with E-state index in [1.54, 1.807) is 0 Å². The average Bonchev–Trinajstić information content (AvgIpc) is 1.62. The van der Waals surface area contributed by atoms with Crippen molar-refractivity contribution in [2.45, 2.75) is 37.4 Å². The van der Waals surface area contributed by atoms with Crippen LogP contribution in [0.25, 0.3) is 0 Å². The maximum Gasteiger partial charge on any atom is 0.316 e. The number of alkyl halides is 1. The molecule has 0 aliphatic rings. The van der Waals surface area contributed by atoms with Crippen LogP contribution in [0.1, 0.15) is 20.8 Å². The van der Waals surface area contributed by atoms with Crippen LogP contribution in [-0.4, -0.2) is 35.4 Å². The molecular formula is C7H19IMgSi. The number of hydrogen-bond donors (Lipinski definition) is 0. The lowest BCUT2D eigenvalue weighted by atomic mass is 10.0. The Kier molecular flexibility index (Phi) is 7.66. The summed E-state index contributed by atoms with van der Waals surface area (Å²) in [5, 5.41) is 0. The van der Waals surface area contributed by atoms with Crippen LogP contribution < -0.4 is 0 Å². The van der Waals surface area contributed by atoms with Crippen LogP contribution in [0.15, 0.2) is 0 Å². The molecule has 0 amide bonds. The third kappa shape index (κ3) is 5.37. The predicted octanol–water partition coefficient (Wildman–Crippen LogP) is 1.95. The first-order chi connectivity index (χ1) is 3.85. The van der Waals surface area contributed by atoms with E-state index in [0.29, 0.717) is 5.41 Å². The summed E-state index contributed by atoms with van der Waals surface area (Å²) in [6.45, 7) is 11.8. The fourth-order valence-corrected chi connectivity index (χ4v) is 3.00. The first-order valence-electron chi connectivity index (χ1n) is 3.49. The Morgan fingerprint density at radius 1 is 1.20 bits per heavy atom. The summed E-state index contributed by atoms with van der Waals surface area (Å²) < 4.78 is 0.926. The monoisotopic (exact) mass is 282 g/mol. The van der Waals surface area contributed by atoms with Crippen molar-refractivity contribution < 1.29 is 0 Å². The molecule has 0 nitrogen and oxygen atoms in total. The van der Waals surface area contributed by atoms with E-state index in [1.165, 1.54) is 0 Å². The summed E-state index contributed by atoms with van der Waals surface area (Å²) in [6, 6.07) is 0. The zero-order valence-corrected chi connectivity index (χ0v) is 10.3. The van der Waals surface area contributed by atoms with Crippen molar-refractivity contribution in [1.82, 2.24) is 0 Å². The molecule has 1 unspecified atom stereocenters. The number of rotatable bonds is 1. The Labute approximate surface area is 96.4 Å². The molecule has 0 N–H and O–H groups in total. The maximum absolute atomic E-state index is 2.60. The van der Waals surface area contributed by atoms with Gasteiger partial charge in [-0.15, -0.1) is 0 Å². The van der Waals surface area contributed by atoms with Gasteiger partial charge in [0.25, 0.3) is 0 Å². The Bertz CT molecular complexity index is 88.1. The molecule has 0 saturated heterocycles. The molecule has 3 heteroatoms. The Morgan fingerprint density at radius 3 is 1.50 bits per heavy atom. The molecule has 0 rings (SSSR count). The van der Waals surface area contributed by atoms with Crippen molar-refractivity contribution in [2.24, 2.45) is 5.41 Å². The van der Waals surface area contributed by atoms with Gasteiger partial charge in [0.15, 0.2) is 0 Å². The van der Waals surface area contributed by atoms with Gasteiger partial charge < -0.3 is 0 Å². The largest absolute Gasteiger partial charge is 0.316 e. The summed E-state index contributed by atoms with van der Waals surface area (Å²) in [4.78, 5) is 0. The molecule has 0 heterocycles. The summed E-state index contributed by atoms with van der Waals surface area (Å²) in [6.07, 6.45) is 0. The van der Waals surface area contributed by atoms with E-state index in [0.717, 1.165) is 3.55 Å². The van der Waals surface area contributed by atoms with Crippen molar-refractivity contribution in [2.75, 3.05) is 0 Å². The van der Waals surface area contributed by atoms with Gasteiger partial charge in [-0.1, -0.05) is 56.5 Å². The topological polar surface area (TPSA) is 0 Å². The molecular weight excluding hydrogens is 263 g/mol. The summed E-state index contributed by atoms with van der Waals surface area (Å²) in [5.74, 6) is 0. The fourth-order valence-electron chi connectivity index (χ4n) is 1.00. The van der Waals surface area contributed by atoms with Gasteiger partial charge in [-0.2, -0.15) is 0 Å². The molecule has 0 spiro atoms. The smallest absolute Gasteiger partial charge is 0.0859 e. The van der Waals surface area contributed by atoms with Gasteiger partial charge in [0.1, 0.15) is 0 Å². The third-order valence-electron chi connectivity index (χ3n) is 1.41. The summed E-state index contributed by atoms with van der Waals surface area (Å²) in [5.41, 5.74) is 0.529. The molecule has 0 aliphatic carbocycles. The SMILES string of the molecule is C[SiH](C)C(I)C(C)(C)C.[MgH2]. The fraction of sp³-hybridized carbons (Fsp3) is 1.00. The van der Waals surface area contributed by atoms with E-state index in [-0.39, 0.29) is 23.1 Å². The molecule has 10 heavy (non-hydrogen) atoms. The molecule has 0 aromatic carbocycles. The summed E-state index contributed by atoms with van der Waals surface area (Å²) >= 11 is 2.60. The average molecular weight is 283 g/mol.